The molecule has 2 heterocycles. The van der Waals surface area contributed by atoms with Gasteiger partial charge in [0.05, 0.1) is 5.56 Å². The number of amides is 1. The van der Waals surface area contributed by atoms with E-state index in [1.807, 2.05) is 29.2 Å². The fourth-order valence-corrected chi connectivity index (χ4v) is 3.30. The van der Waals surface area contributed by atoms with E-state index < -0.39 is 17.6 Å². The Kier molecular flexibility index (Phi) is 4.70. The summed E-state index contributed by atoms with van der Waals surface area (Å²) in [6.45, 7) is 2.44. The summed E-state index contributed by atoms with van der Waals surface area (Å²) in [5.41, 5.74) is 2.07. The monoisotopic (exact) mass is 398 g/mol. The van der Waals surface area contributed by atoms with Crippen LogP contribution >= 0.6 is 0 Å². The van der Waals surface area contributed by atoms with Crippen LogP contribution in [-0.2, 0) is 12.6 Å². The van der Waals surface area contributed by atoms with E-state index in [9.17, 15) is 18.0 Å². The van der Waals surface area contributed by atoms with Crippen molar-refractivity contribution in [1.82, 2.24) is 9.97 Å². The minimum absolute atomic E-state index is 0.0501. The van der Waals surface area contributed by atoms with Crippen molar-refractivity contribution in [2.24, 2.45) is 0 Å². The van der Waals surface area contributed by atoms with E-state index in [1.54, 1.807) is 6.92 Å². The van der Waals surface area contributed by atoms with Gasteiger partial charge in [0.25, 0.3) is 5.91 Å². The van der Waals surface area contributed by atoms with Gasteiger partial charge in [-0.3, -0.25) is 4.79 Å². The molecule has 1 aliphatic heterocycles. The Hall–Kier alpha value is -3.42. The number of para-hydroxylation sites is 1. The van der Waals surface area contributed by atoms with Crippen LogP contribution in [0.3, 0.4) is 0 Å². The van der Waals surface area contributed by atoms with Crippen molar-refractivity contribution in [3.63, 3.8) is 0 Å². The molecule has 148 valence electrons. The molecule has 0 saturated carbocycles. The van der Waals surface area contributed by atoms with E-state index in [-0.39, 0.29) is 11.4 Å². The van der Waals surface area contributed by atoms with Gasteiger partial charge in [0.15, 0.2) is 0 Å². The molecule has 0 spiro atoms. The SMILES string of the molecule is Cc1cc(C(=O)Nc2cccc(C(F)(F)F)c2)nc(N2CCc3ccccc32)n1. The molecule has 1 amide bonds. The van der Waals surface area contributed by atoms with E-state index >= 15 is 0 Å². The van der Waals surface area contributed by atoms with Crippen molar-refractivity contribution < 1.29 is 18.0 Å². The quantitative estimate of drug-likeness (QED) is 0.692. The van der Waals surface area contributed by atoms with Crippen LogP contribution in [0.4, 0.5) is 30.5 Å². The summed E-state index contributed by atoms with van der Waals surface area (Å²) in [5.74, 6) is -0.201. The molecule has 0 radical (unpaired) electrons. The lowest BCUT2D eigenvalue weighted by atomic mass is 10.2. The molecular formula is C21H17F3N4O. The Labute approximate surface area is 165 Å². The Morgan fingerprint density at radius 1 is 1.07 bits per heavy atom. The molecule has 1 aliphatic rings. The van der Waals surface area contributed by atoms with Gasteiger partial charge in [0.1, 0.15) is 5.69 Å². The largest absolute Gasteiger partial charge is 0.416 e. The molecule has 5 nitrogen and oxygen atoms in total. The molecule has 2 aromatic carbocycles. The topological polar surface area (TPSA) is 58.1 Å². The van der Waals surface area contributed by atoms with Crippen LogP contribution in [-0.4, -0.2) is 22.4 Å². The van der Waals surface area contributed by atoms with Crippen molar-refractivity contribution in [3.05, 3.63) is 77.1 Å². The lowest BCUT2D eigenvalue weighted by molar-refractivity contribution is -0.137. The average Bonchev–Trinajstić information content (AvgIpc) is 3.11. The first-order valence-corrected chi connectivity index (χ1v) is 9.01. The average molecular weight is 398 g/mol. The van der Waals surface area contributed by atoms with Gasteiger partial charge >= 0.3 is 6.18 Å². The number of nitrogens with one attached hydrogen (secondary N) is 1. The van der Waals surface area contributed by atoms with Crippen molar-refractivity contribution >= 4 is 23.2 Å². The van der Waals surface area contributed by atoms with Crippen LogP contribution in [0.1, 0.15) is 27.3 Å². The van der Waals surface area contributed by atoms with Gasteiger partial charge in [0, 0.05) is 23.6 Å². The van der Waals surface area contributed by atoms with Gasteiger partial charge in [-0.15, -0.1) is 0 Å². The van der Waals surface area contributed by atoms with Crippen LogP contribution in [0, 0.1) is 6.92 Å². The summed E-state index contributed by atoms with van der Waals surface area (Å²) in [7, 11) is 0. The first-order chi connectivity index (χ1) is 13.8. The van der Waals surface area contributed by atoms with Crippen molar-refractivity contribution in [2.45, 2.75) is 19.5 Å². The van der Waals surface area contributed by atoms with Crippen molar-refractivity contribution in [1.29, 1.82) is 0 Å². The number of rotatable bonds is 3. The van der Waals surface area contributed by atoms with Gasteiger partial charge in [0.2, 0.25) is 5.95 Å². The zero-order chi connectivity index (χ0) is 20.6. The summed E-state index contributed by atoms with van der Waals surface area (Å²) in [6, 6.07) is 13.9. The minimum Gasteiger partial charge on any atom is -0.321 e. The number of anilines is 3. The Morgan fingerprint density at radius 2 is 1.86 bits per heavy atom. The van der Waals surface area contributed by atoms with Crippen LogP contribution in [0.2, 0.25) is 0 Å². The summed E-state index contributed by atoms with van der Waals surface area (Å²) < 4.78 is 38.7. The molecule has 0 saturated heterocycles. The molecule has 4 rings (SSSR count). The predicted molar refractivity (Wildman–Crippen MR) is 103 cm³/mol. The summed E-state index contributed by atoms with van der Waals surface area (Å²) in [6.07, 6.45) is -3.64. The number of carbonyl (C=O) groups excluding carboxylic acids is 1. The number of aromatic nitrogens is 2. The maximum Gasteiger partial charge on any atom is 0.416 e. The molecule has 1 aromatic heterocycles. The van der Waals surface area contributed by atoms with Crippen molar-refractivity contribution in [2.75, 3.05) is 16.8 Å². The third-order valence-electron chi connectivity index (χ3n) is 4.65. The lowest BCUT2D eigenvalue weighted by Crippen LogP contribution is -2.21. The van der Waals surface area contributed by atoms with E-state index in [2.05, 4.69) is 15.3 Å². The van der Waals surface area contributed by atoms with Crippen LogP contribution < -0.4 is 10.2 Å². The molecular weight excluding hydrogens is 381 g/mol. The zero-order valence-corrected chi connectivity index (χ0v) is 15.5. The highest BCUT2D eigenvalue weighted by molar-refractivity contribution is 6.03. The highest BCUT2D eigenvalue weighted by atomic mass is 19.4. The predicted octanol–water partition coefficient (Wildman–Crippen LogP) is 4.75. The van der Waals surface area contributed by atoms with Gasteiger partial charge in [-0.2, -0.15) is 13.2 Å². The molecule has 1 N–H and O–H groups in total. The first kappa shape index (κ1) is 18.9. The molecule has 0 atom stereocenters. The number of halogens is 3. The third kappa shape index (κ3) is 3.91. The highest BCUT2D eigenvalue weighted by Crippen LogP contribution is 2.33. The van der Waals surface area contributed by atoms with Crippen LogP contribution in [0.25, 0.3) is 0 Å². The second-order valence-electron chi connectivity index (χ2n) is 6.76. The molecule has 0 aliphatic carbocycles. The molecule has 0 unspecified atom stereocenters. The number of aryl methyl sites for hydroxylation is 1. The molecule has 29 heavy (non-hydrogen) atoms. The summed E-state index contributed by atoms with van der Waals surface area (Å²) in [4.78, 5) is 23.4. The number of hydrogen-bond donors (Lipinski definition) is 1. The highest BCUT2D eigenvalue weighted by Gasteiger charge is 2.30. The first-order valence-electron chi connectivity index (χ1n) is 9.01. The smallest absolute Gasteiger partial charge is 0.321 e. The van der Waals surface area contributed by atoms with Crippen LogP contribution in [0.5, 0.6) is 0 Å². The molecule has 0 fully saturated rings. The molecule has 8 heteroatoms. The number of fused-ring (bicyclic) bond motifs is 1. The fraction of sp³-hybridized carbons (Fsp3) is 0.190. The number of carbonyl (C=O) groups is 1. The summed E-state index contributed by atoms with van der Waals surface area (Å²) in [5, 5.41) is 2.49. The summed E-state index contributed by atoms with van der Waals surface area (Å²) >= 11 is 0. The third-order valence-corrected chi connectivity index (χ3v) is 4.65. The lowest BCUT2D eigenvalue weighted by Gasteiger charge is -2.18. The molecule has 0 bridgehead atoms. The van der Waals surface area contributed by atoms with Crippen LogP contribution in [0.15, 0.2) is 54.6 Å². The normalized spacial score (nSPS) is 13.3. The van der Waals surface area contributed by atoms with Gasteiger partial charge in [-0.1, -0.05) is 24.3 Å². The Morgan fingerprint density at radius 3 is 2.66 bits per heavy atom. The standard InChI is InChI=1S/C21H17F3N4O/c1-13-11-17(19(29)26-16-7-4-6-15(12-16)21(22,23)24)27-20(25-13)28-10-9-14-5-2-3-8-18(14)28/h2-8,11-12H,9-10H2,1H3,(H,26,29). The van der Waals surface area contributed by atoms with Gasteiger partial charge in [-0.25, -0.2) is 9.97 Å². The van der Waals surface area contributed by atoms with Crippen molar-refractivity contribution in [3.8, 4) is 0 Å². The number of alkyl halides is 3. The fourth-order valence-electron chi connectivity index (χ4n) is 3.30. The zero-order valence-electron chi connectivity index (χ0n) is 15.5. The van der Waals surface area contributed by atoms with E-state index in [0.717, 1.165) is 24.2 Å². The Bertz CT molecular complexity index is 1080. The number of hydrogen-bond acceptors (Lipinski definition) is 4. The second kappa shape index (κ2) is 7.20. The van der Waals surface area contributed by atoms with E-state index in [0.29, 0.717) is 18.2 Å². The second-order valence-corrected chi connectivity index (χ2v) is 6.76. The van der Waals surface area contributed by atoms with E-state index in [4.69, 9.17) is 0 Å². The molecule has 3 aromatic rings. The minimum atomic E-state index is -4.48. The number of benzene rings is 2. The maximum atomic E-state index is 12.9. The van der Waals surface area contributed by atoms with E-state index in [1.165, 1.54) is 23.8 Å². The Balaban J connectivity index is 1.61. The maximum absolute atomic E-state index is 12.9. The van der Waals surface area contributed by atoms with Gasteiger partial charge in [-0.05, 0) is 49.2 Å². The number of nitrogens with zero attached hydrogens (tertiary/aromatic N) is 3. The van der Waals surface area contributed by atoms with Gasteiger partial charge < -0.3 is 10.2 Å².